The Labute approximate surface area is 175 Å². The minimum absolute atomic E-state index is 0.127. The lowest BCUT2D eigenvalue weighted by Gasteiger charge is -2.41. The first kappa shape index (κ1) is 18.6. The quantitative estimate of drug-likeness (QED) is 0.724. The summed E-state index contributed by atoms with van der Waals surface area (Å²) in [5.41, 5.74) is 2.29. The highest BCUT2D eigenvalue weighted by Gasteiger charge is 2.37. The number of amides is 2. The van der Waals surface area contributed by atoms with Gasteiger partial charge in [0.1, 0.15) is 18.0 Å². The van der Waals surface area contributed by atoms with Crippen LogP contribution in [0.15, 0.2) is 55.0 Å². The molecule has 154 valence electrons. The Morgan fingerprint density at radius 3 is 2.53 bits per heavy atom. The number of hydrogen-bond donors (Lipinski definition) is 1. The van der Waals surface area contributed by atoms with Gasteiger partial charge in [0.15, 0.2) is 0 Å². The van der Waals surface area contributed by atoms with Gasteiger partial charge in [-0.15, -0.1) is 0 Å². The lowest BCUT2D eigenvalue weighted by Crippen LogP contribution is -2.53. The first-order valence-electron chi connectivity index (χ1n) is 10.3. The van der Waals surface area contributed by atoms with Gasteiger partial charge in [0, 0.05) is 56.9 Å². The zero-order valence-electron chi connectivity index (χ0n) is 17.0. The van der Waals surface area contributed by atoms with Crippen LogP contribution in [0.1, 0.15) is 29.6 Å². The molecule has 2 amide bonds. The number of nitrogens with zero attached hydrogens (tertiary/aromatic N) is 6. The number of pyridine rings is 1. The number of urea groups is 1. The maximum absolute atomic E-state index is 12.8. The van der Waals surface area contributed by atoms with Crippen LogP contribution in [0.2, 0.25) is 0 Å². The fourth-order valence-corrected chi connectivity index (χ4v) is 4.24. The highest BCUT2D eigenvalue weighted by molar-refractivity contribution is 5.76. The van der Waals surface area contributed by atoms with Crippen LogP contribution in [0, 0.1) is 0 Å². The molecule has 4 heterocycles. The molecule has 0 aliphatic carbocycles. The van der Waals surface area contributed by atoms with Gasteiger partial charge in [-0.3, -0.25) is 5.10 Å². The topological polar surface area (TPSA) is 81.2 Å². The molecule has 0 saturated carbocycles. The fraction of sp³-hybridized carbons (Fsp3) is 0.364. The second kappa shape index (κ2) is 7.78. The zero-order valence-corrected chi connectivity index (χ0v) is 17.0. The molecule has 8 nitrogen and oxygen atoms in total. The molecule has 5 rings (SSSR count). The lowest BCUT2D eigenvalue weighted by molar-refractivity contribution is 0.121. The van der Waals surface area contributed by atoms with Crippen LogP contribution in [0.3, 0.4) is 0 Å². The Morgan fingerprint density at radius 2 is 1.83 bits per heavy atom. The summed E-state index contributed by atoms with van der Waals surface area (Å²) in [5, 5.41) is 6.84. The second-order valence-corrected chi connectivity index (χ2v) is 8.03. The van der Waals surface area contributed by atoms with E-state index in [-0.39, 0.29) is 11.9 Å². The molecule has 2 aromatic heterocycles. The molecule has 1 N–H and O–H groups in total. The van der Waals surface area contributed by atoms with Gasteiger partial charge < -0.3 is 14.7 Å². The maximum atomic E-state index is 12.8. The molecular formula is C22H25N7O. The predicted octanol–water partition coefficient (Wildman–Crippen LogP) is 2.98. The highest BCUT2D eigenvalue weighted by atomic mass is 16.2. The molecule has 2 fully saturated rings. The second-order valence-electron chi connectivity index (χ2n) is 8.03. The van der Waals surface area contributed by atoms with E-state index in [4.69, 9.17) is 0 Å². The van der Waals surface area contributed by atoms with Crippen molar-refractivity contribution in [2.24, 2.45) is 0 Å². The predicted molar refractivity (Wildman–Crippen MR) is 114 cm³/mol. The minimum atomic E-state index is 0.127. The summed E-state index contributed by atoms with van der Waals surface area (Å²) in [5.74, 6) is 2.39. The molecule has 0 radical (unpaired) electrons. The average Bonchev–Trinajstić information content (AvgIpc) is 3.45. The van der Waals surface area contributed by atoms with Gasteiger partial charge >= 0.3 is 6.03 Å². The van der Waals surface area contributed by atoms with E-state index in [0.29, 0.717) is 12.5 Å². The van der Waals surface area contributed by atoms with E-state index in [1.54, 1.807) is 0 Å². The molecule has 3 aromatic rings. The van der Waals surface area contributed by atoms with Gasteiger partial charge in [-0.2, -0.15) is 5.10 Å². The van der Waals surface area contributed by atoms with E-state index < -0.39 is 0 Å². The van der Waals surface area contributed by atoms with Crippen molar-refractivity contribution in [2.75, 3.05) is 38.1 Å². The third kappa shape index (κ3) is 3.49. The third-order valence-electron chi connectivity index (χ3n) is 6.16. The summed E-state index contributed by atoms with van der Waals surface area (Å²) < 4.78 is 0. The summed E-state index contributed by atoms with van der Waals surface area (Å²) in [4.78, 5) is 27.6. The number of anilines is 2. The van der Waals surface area contributed by atoms with Crippen LogP contribution >= 0.6 is 0 Å². The Kier molecular flexibility index (Phi) is 4.82. The van der Waals surface area contributed by atoms with Crippen molar-refractivity contribution >= 4 is 17.5 Å². The Morgan fingerprint density at radius 1 is 1.03 bits per heavy atom. The minimum Gasteiger partial charge on any atom is -0.329 e. The van der Waals surface area contributed by atoms with Gasteiger partial charge in [0.25, 0.3) is 0 Å². The van der Waals surface area contributed by atoms with Crippen LogP contribution in [-0.2, 0) is 0 Å². The summed E-state index contributed by atoms with van der Waals surface area (Å²) in [7, 11) is 2.02. The maximum Gasteiger partial charge on any atom is 0.320 e. The normalized spacial score (nSPS) is 19.0. The van der Waals surface area contributed by atoms with Gasteiger partial charge in [0.05, 0.1) is 0 Å². The van der Waals surface area contributed by atoms with Crippen molar-refractivity contribution in [1.29, 1.82) is 0 Å². The number of aromatic nitrogens is 4. The lowest BCUT2D eigenvalue weighted by atomic mass is 9.93. The van der Waals surface area contributed by atoms with Gasteiger partial charge in [-0.1, -0.05) is 24.3 Å². The van der Waals surface area contributed by atoms with Crippen LogP contribution in [0.5, 0.6) is 0 Å². The van der Waals surface area contributed by atoms with E-state index in [0.717, 1.165) is 43.4 Å². The number of benzene rings is 1. The summed E-state index contributed by atoms with van der Waals surface area (Å²) in [6, 6.07) is 14.5. The molecule has 0 unspecified atom stereocenters. The van der Waals surface area contributed by atoms with Crippen molar-refractivity contribution in [3.8, 4) is 0 Å². The average molecular weight is 403 g/mol. The molecule has 1 atom stereocenters. The molecule has 0 spiro atoms. The van der Waals surface area contributed by atoms with Crippen LogP contribution in [0.4, 0.5) is 16.3 Å². The number of nitrogens with one attached hydrogen (secondary N) is 1. The number of rotatable bonds is 4. The van der Waals surface area contributed by atoms with E-state index in [1.165, 1.54) is 11.9 Å². The Balaban J connectivity index is 1.15. The molecular weight excluding hydrogens is 378 g/mol. The van der Waals surface area contributed by atoms with Gasteiger partial charge in [0.2, 0.25) is 0 Å². The largest absolute Gasteiger partial charge is 0.329 e. The summed E-state index contributed by atoms with van der Waals surface area (Å²) >= 11 is 0. The Bertz CT molecular complexity index is 984. The van der Waals surface area contributed by atoms with Gasteiger partial charge in [-0.05, 0) is 30.2 Å². The molecule has 2 saturated heterocycles. The summed E-state index contributed by atoms with van der Waals surface area (Å²) in [6.07, 6.45) is 4.40. The van der Waals surface area contributed by atoms with E-state index in [2.05, 4.69) is 49.3 Å². The van der Waals surface area contributed by atoms with Crippen molar-refractivity contribution in [3.63, 3.8) is 0 Å². The number of hydrogen-bond acceptors (Lipinski definition) is 5. The van der Waals surface area contributed by atoms with Crippen LogP contribution in [0.25, 0.3) is 0 Å². The van der Waals surface area contributed by atoms with Crippen LogP contribution < -0.4 is 4.90 Å². The molecule has 30 heavy (non-hydrogen) atoms. The Hall–Kier alpha value is -3.42. The van der Waals surface area contributed by atoms with E-state index >= 15 is 0 Å². The van der Waals surface area contributed by atoms with Crippen molar-refractivity contribution < 1.29 is 4.79 Å². The summed E-state index contributed by atoms with van der Waals surface area (Å²) in [6.45, 7) is 2.97. The van der Waals surface area contributed by atoms with Crippen LogP contribution in [-0.4, -0.2) is 69.2 Å². The molecule has 2 aliphatic rings. The molecule has 1 aromatic carbocycles. The molecule has 0 bridgehead atoms. The van der Waals surface area contributed by atoms with E-state index in [9.17, 15) is 4.79 Å². The first-order chi connectivity index (χ1) is 14.7. The van der Waals surface area contributed by atoms with Crippen molar-refractivity contribution in [3.05, 3.63) is 66.4 Å². The number of carbonyl (C=O) groups excluding carboxylic acids is 1. The number of likely N-dealkylation sites (tertiary alicyclic amines) is 2. The highest BCUT2D eigenvalue weighted by Crippen LogP contribution is 2.31. The standard InChI is InChI=1S/C22H25N7O/c1-27(19-5-3-2-4-6-19)20-8-7-16(11-23-20)18-13-29(14-18)22(30)28-10-9-17(12-28)21-24-15-25-26-21/h2-8,11,15,17-18H,9-10,12-14H2,1H3,(H,24,25,26)/t17-/m0/s1. The van der Waals surface area contributed by atoms with E-state index in [1.807, 2.05) is 41.2 Å². The smallest absolute Gasteiger partial charge is 0.320 e. The molecule has 2 aliphatic heterocycles. The van der Waals surface area contributed by atoms with Crippen molar-refractivity contribution in [1.82, 2.24) is 30.0 Å². The van der Waals surface area contributed by atoms with Gasteiger partial charge in [-0.25, -0.2) is 14.8 Å². The number of H-pyrrole nitrogens is 1. The monoisotopic (exact) mass is 403 g/mol. The number of carbonyl (C=O) groups is 1. The number of aromatic amines is 1. The SMILES string of the molecule is CN(c1ccccc1)c1ccc(C2CN(C(=O)N3CC[C@H](c4ncn[nH]4)C3)C2)cn1. The third-order valence-corrected chi connectivity index (χ3v) is 6.16. The number of para-hydroxylation sites is 1. The zero-order chi connectivity index (χ0) is 20.5. The first-order valence-corrected chi connectivity index (χ1v) is 10.3. The van der Waals surface area contributed by atoms with Crippen molar-refractivity contribution in [2.45, 2.75) is 18.3 Å². The molecule has 8 heteroatoms. The fourth-order valence-electron chi connectivity index (χ4n) is 4.24.